The van der Waals surface area contributed by atoms with E-state index in [1.807, 2.05) is 12.3 Å². The van der Waals surface area contributed by atoms with E-state index in [0.29, 0.717) is 17.4 Å². The van der Waals surface area contributed by atoms with Gasteiger partial charge in [0.2, 0.25) is 0 Å². The molecule has 0 amide bonds. The van der Waals surface area contributed by atoms with Crippen LogP contribution in [-0.2, 0) is 33.9 Å². The Morgan fingerprint density at radius 3 is 2.27 bits per heavy atom. The first-order valence-electron chi connectivity index (χ1n) is 17.9. The van der Waals surface area contributed by atoms with Crippen LogP contribution in [-0.4, -0.2) is 19.3 Å². The Bertz CT molecular complexity index is 2320. The summed E-state index contributed by atoms with van der Waals surface area (Å²) in [5.41, 5.74) is 12.6. The van der Waals surface area contributed by atoms with Crippen molar-refractivity contribution in [2.75, 3.05) is 0 Å². The first-order chi connectivity index (χ1) is 24.1. The molecule has 0 aliphatic heterocycles. The maximum absolute atomic E-state index is 6.68. The fraction of sp³-hybridized carbons (Fsp3) is 0.289. The second-order valence-corrected chi connectivity index (χ2v) is 14.3. The Balaban J connectivity index is 0.00000448. The standard InChI is InChI=1S/C45H46N4O.Pt/c1-9-33-21-22-46-43(23-33)48-40-16-11-10-15-38(40)39-19-18-36(27-42(39)48)50-37-25-34(29(4)5)24-35(26-37)49-41(20-17-28(2)3)45(32(8)47-49)44-30(6)13-12-14-31(44)7;/h10-16,18-19,21-25,28-29H,9,17,20H2,1-8H3;/q-2;+2. The van der Waals surface area contributed by atoms with Crippen molar-refractivity contribution >= 4 is 21.8 Å². The normalized spacial score (nSPS) is 11.6. The summed E-state index contributed by atoms with van der Waals surface area (Å²) in [7, 11) is 0. The van der Waals surface area contributed by atoms with Crippen LogP contribution in [0.25, 0.3) is 44.4 Å². The molecule has 0 N–H and O–H groups in total. The summed E-state index contributed by atoms with van der Waals surface area (Å²) in [6.07, 6.45) is 4.81. The number of hydrogen-bond donors (Lipinski definition) is 0. The van der Waals surface area contributed by atoms with E-state index < -0.39 is 0 Å². The Kier molecular flexibility index (Phi) is 10.7. The van der Waals surface area contributed by atoms with E-state index in [9.17, 15) is 0 Å². The summed E-state index contributed by atoms with van der Waals surface area (Å²) in [5.74, 6) is 3.00. The van der Waals surface area contributed by atoms with Gasteiger partial charge in [-0.25, -0.2) is 4.98 Å². The van der Waals surface area contributed by atoms with Gasteiger partial charge in [0.1, 0.15) is 5.82 Å². The van der Waals surface area contributed by atoms with E-state index >= 15 is 0 Å². The molecule has 3 aromatic heterocycles. The van der Waals surface area contributed by atoms with Gasteiger partial charge in [0, 0.05) is 34.5 Å². The minimum Gasteiger partial charge on any atom is -0.509 e. The second-order valence-electron chi connectivity index (χ2n) is 14.3. The average molecular weight is 854 g/mol. The van der Waals surface area contributed by atoms with Gasteiger partial charge in [-0.05, 0) is 103 Å². The molecule has 0 radical (unpaired) electrons. The zero-order chi connectivity index (χ0) is 35.1. The Morgan fingerprint density at radius 1 is 0.784 bits per heavy atom. The number of nitrogens with zero attached hydrogens (tertiary/aromatic N) is 4. The number of para-hydroxylation sites is 1. The molecule has 0 aliphatic rings. The van der Waals surface area contributed by atoms with Gasteiger partial charge in [-0.15, -0.1) is 41.3 Å². The van der Waals surface area contributed by atoms with Gasteiger partial charge in [0.05, 0.1) is 5.69 Å². The molecule has 0 fully saturated rings. The molecular formula is C45H46N4OPt. The summed E-state index contributed by atoms with van der Waals surface area (Å²) >= 11 is 0. The summed E-state index contributed by atoms with van der Waals surface area (Å²) in [6, 6.07) is 35.0. The van der Waals surface area contributed by atoms with E-state index in [1.54, 1.807) is 0 Å². The Morgan fingerprint density at radius 2 is 1.55 bits per heavy atom. The van der Waals surface area contributed by atoms with E-state index in [1.165, 1.54) is 39.1 Å². The number of ether oxygens (including phenoxy) is 1. The molecule has 0 atom stereocenters. The van der Waals surface area contributed by atoms with Crippen molar-refractivity contribution in [1.82, 2.24) is 19.3 Å². The second kappa shape index (κ2) is 15.0. The Labute approximate surface area is 317 Å². The summed E-state index contributed by atoms with van der Waals surface area (Å²) in [4.78, 5) is 4.78. The monoisotopic (exact) mass is 853 g/mol. The SMILES string of the molecule is CCc1ccnc(-n2c3[c-]c(Oc4[c-]c(-n5nc(C)c(-c6c(C)cccc6C)c5CCC(C)C)cc(C(C)C)c4)ccc3c3ccccc32)c1.[Pt+2]. The third kappa shape index (κ3) is 7.06. The molecular weight excluding hydrogens is 808 g/mol. The fourth-order valence-corrected chi connectivity index (χ4v) is 7.11. The minimum atomic E-state index is 0. The van der Waals surface area contributed by atoms with Crippen LogP contribution in [0.3, 0.4) is 0 Å². The predicted molar refractivity (Wildman–Crippen MR) is 206 cm³/mol. The zero-order valence-corrected chi connectivity index (χ0v) is 33.1. The molecule has 3 heterocycles. The van der Waals surface area contributed by atoms with E-state index in [4.69, 9.17) is 14.8 Å². The molecule has 0 saturated heterocycles. The maximum Gasteiger partial charge on any atom is 2.00 e. The third-order valence-corrected chi connectivity index (χ3v) is 9.82. The third-order valence-electron chi connectivity index (χ3n) is 9.82. The number of fused-ring (bicyclic) bond motifs is 3. The molecule has 7 rings (SSSR count). The average Bonchev–Trinajstić information content (AvgIpc) is 3.61. The van der Waals surface area contributed by atoms with Crippen molar-refractivity contribution in [3.8, 4) is 34.1 Å². The van der Waals surface area contributed by atoms with Crippen LogP contribution in [0.1, 0.15) is 80.6 Å². The number of aromatic nitrogens is 4. The van der Waals surface area contributed by atoms with Gasteiger partial charge in [-0.3, -0.25) is 4.68 Å². The van der Waals surface area contributed by atoms with Gasteiger partial charge >= 0.3 is 21.1 Å². The number of pyridine rings is 1. The van der Waals surface area contributed by atoms with E-state index in [0.717, 1.165) is 58.3 Å². The van der Waals surface area contributed by atoms with Crippen molar-refractivity contribution in [1.29, 1.82) is 0 Å². The smallest absolute Gasteiger partial charge is 0.509 e. The zero-order valence-electron chi connectivity index (χ0n) is 30.9. The van der Waals surface area contributed by atoms with Crippen LogP contribution >= 0.6 is 0 Å². The molecule has 0 saturated carbocycles. The van der Waals surface area contributed by atoms with Gasteiger partial charge < -0.3 is 9.30 Å². The number of rotatable bonds is 10. The molecule has 6 heteroatoms. The predicted octanol–water partition coefficient (Wildman–Crippen LogP) is 11.6. The van der Waals surface area contributed by atoms with Gasteiger partial charge in [0.25, 0.3) is 0 Å². The number of aryl methyl sites for hydroxylation is 4. The van der Waals surface area contributed by atoms with E-state index in [2.05, 4.69) is 150 Å². The molecule has 0 bridgehead atoms. The molecule has 7 aromatic rings. The van der Waals surface area contributed by atoms with Crippen molar-refractivity contribution in [2.45, 2.75) is 80.6 Å². The van der Waals surface area contributed by atoms with Crippen LogP contribution in [0.15, 0.2) is 85.1 Å². The molecule has 51 heavy (non-hydrogen) atoms. The molecule has 0 aliphatic carbocycles. The van der Waals surface area contributed by atoms with Crippen molar-refractivity contribution in [3.63, 3.8) is 0 Å². The molecule has 262 valence electrons. The number of benzene rings is 4. The van der Waals surface area contributed by atoms with Crippen LogP contribution in [0, 0.1) is 38.8 Å². The van der Waals surface area contributed by atoms with Crippen LogP contribution in [0.4, 0.5) is 0 Å². The van der Waals surface area contributed by atoms with Gasteiger partial charge in [-0.1, -0.05) is 76.5 Å². The first-order valence-corrected chi connectivity index (χ1v) is 17.9. The topological polar surface area (TPSA) is 44.9 Å². The quantitative estimate of drug-likeness (QED) is 0.129. The largest absolute Gasteiger partial charge is 2.00 e. The summed E-state index contributed by atoms with van der Waals surface area (Å²) in [6.45, 7) is 17.7. The van der Waals surface area contributed by atoms with Crippen LogP contribution < -0.4 is 4.74 Å². The van der Waals surface area contributed by atoms with Crippen LogP contribution in [0.2, 0.25) is 0 Å². The minimum absolute atomic E-state index is 0. The number of hydrogen-bond acceptors (Lipinski definition) is 3. The summed E-state index contributed by atoms with van der Waals surface area (Å²) in [5, 5.41) is 7.47. The van der Waals surface area contributed by atoms with Gasteiger partial charge in [0.15, 0.2) is 0 Å². The van der Waals surface area contributed by atoms with Crippen molar-refractivity contribution < 1.29 is 25.8 Å². The fourth-order valence-electron chi connectivity index (χ4n) is 7.11. The first kappa shape index (κ1) is 36.3. The van der Waals surface area contributed by atoms with Crippen LogP contribution in [0.5, 0.6) is 11.5 Å². The molecule has 4 aromatic carbocycles. The van der Waals surface area contributed by atoms with Gasteiger partial charge in [-0.2, -0.15) is 11.2 Å². The maximum atomic E-state index is 6.68. The van der Waals surface area contributed by atoms with Crippen molar-refractivity contribution in [2.24, 2.45) is 5.92 Å². The molecule has 0 unspecified atom stereocenters. The molecule has 5 nitrogen and oxygen atoms in total. The Hall–Kier alpha value is -4.47. The van der Waals surface area contributed by atoms with E-state index in [-0.39, 0.29) is 27.0 Å². The summed E-state index contributed by atoms with van der Waals surface area (Å²) < 4.78 is 11.0. The van der Waals surface area contributed by atoms with Crippen molar-refractivity contribution in [3.05, 3.63) is 131 Å². The molecule has 0 spiro atoms.